The molecule has 0 aromatic heterocycles. The first-order chi connectivity index (χ1) is 9.70. The van der Waals surface area contributed by atoms with E-state index in [2.05, 4.69) is 0 Å². The van der Waals surface area contributed by atoms with Crippen molar-refractivity contribution in [2.24, 2.45) is 5.92 Å². The number of amides is 1. The molecule has 0 atom stereocenters. The van der Waals surface area contributed by atoms with Crippen LogP contribution in [0.3, 0.4) is 0 Å². The first-order valence-electron chi connectivity index (χ1n) is 7.43. The van der Waals surface area contributed by atoms with Gasteiger partial charge in [-0.05, 0) is 30.0 Å². The van der Waals surface area contributed by atoms with Gasteiger partial charge in [0.05, 0.1) is 0 Å². The maximum Gasteiger partial charge on any atom is 0.274 e. The quantitative estimate of drug-likeness (QED) is 0.652. The Morgan fingerprint density at radius 1 is 1.20 bits per heavy atom. The number of rotatable bonds is 3. The van der Waals surface area contributed by atoms with Crippen molar-refractivity contribution in [3.05, 3.63) is 35.1 Å². The second kappa shape index (κ2) is 7.39. The lowest BCUT2D eigenvalue weighted by Gasteiger charge is -2.20. The number of halogens is 1. The Hall–Kier alpha value is -1.42. The summed E-state index contributed by atoms with van der Waals surface area (Å²) >= 11 is 0. The molecule has 1 aliphatic rings. The molecule has 0 spiro atoms. The second-order valence-electron chi connectivity index (χ2n) is 5.66. The van der Waals surface area contributed by atoms with E-state index in [1.54, 1.807) is 12.1 Å². The van der Waals surface area contributed by atoms with Gasteiger partial charge in [0.15, 0.2) is 0 Å². The minimum atomic E-state index is -0.679. The average Bonchev–Trinajstić information content (AvgIpc) is 2.42. The van der Waals surface area contributed by atoms with Crippen LogP contribution in [0, 0.1) is 11.7 Å². The Balaban J connectivity index is 2.03. The van der Waals surface area contributed by atoms with Gasteiger partial charge in [0.1, 0.15) is 5.82 Å². The fourth-order valence-corrected chi connectivity index (χ4v) is 2.97. The summed E-state index contributed by atoms with van der Waals surface area (Å²) in [5.74, 6) is -0.489. The van der Waals surface area contributed by atoms with Gasteiger partial charge in [-0.2, -0.15) is 0 Å². The van der Waals surface area contributed by atoms with E-state index in [1.165, 1.54) is 43.7 Å². The number of carbonyl (C=O) groups is 1. The van der Waals surface area contributed by atoms with Crippen LogP contribution in [0.15, 0.2) is 18.2 Å². The van der Waals surface area contributed by atoms with Crippen LogP contribution < -0.4 is 5.48 Å². The smallest absolute Gasteiger partial charge is 0.274 e. The highest BCUT2D eigenvalue weighted by Gasteiger charge is 2.15. The first-order valence-corrected chi connectivity index (χ1v) is 7.43. The predicted octanol–water partition coefficient (Wildman–Crippen LogP) is 3.85. The maximum absolute atomic E-state index is 14.0. The van der Waals surface area contributed by atoms with Gasteiger partial charge in [-0.25, -0.2) is 9.87 Å². The third-order valence-corrected chi connectivity index (χ3v) is 4.15. The normalized spacial score (nSPS) is 17.3. The van der Waals surface area contributed by atoms with E-state index in [9.17, 15) is 9.18 Å². The zero-order chi connectivity index (χ0) is 14.4. The summed E-state index contributed by atoms with van der Waals surface area (Å²) in [6.07, 6.45) is 9.44. The van der Waals surface area contributed by atoms with Crippen molar-refractivity contribution >= 4 is 5.91 Å². The number of hydrogen-bond acceptors (Lipinski definition) is 2. The van der Waals surface area contributed by atoms with E-state index in [0.29, 0.717) is 11.5 Å². The summed E-state index contributed by atoms with van der Waals surface area (Å²) in [5.41, 5.74) is 2.34. The van der Waals surface area contributed by atoms with Crippen LogP contribution >= 0.6 is 0 Å². The molecule has 0 unspecified atom stereocenters. The van der Waals surface area contributed by atoms with Gasteiger partial charge in [-0.3, -0.25) is 10.0 Å². The number of nitrogens with one attached hydrogen (secondary N) is 1. The molecule has 0 radical (unpaired) electrons. The Kier molecular flexibility index (Phi) is 5.53. The lowest BCUT2D eigenvalue weighted by molar-refractivity contribution is 0.0706. The molecule has 0 saturated heterocycles. The summed E-state index contributed by atoms with van der Waals surface area (Å²) < 4.78 is 14.0. The first kappa shape index (κ1) is 15.0. The highest BCUT2D eigenvalue weighted by atomic mass is 19.1. The van der Waals surface area contributed by atoms with E-state index in [4.69, 9.17) is 5.21 Å². The van der Waals surface area contributed by atoms with Crippen molar-refractivity contribution in [3.63, 3.8) is 0 Å². The summed E-state index contributed by atoms with van der Waals surface area (Å²) in [4.78, 5) is 11.2. The molecule has 2 N–H and O–H groups in total. The Bertz CT molecular complexity index is 454. The van der Waals surface area contributed by atoms with Crippen molar-refractivity contribution in [2.45, 2.75) is 51.4 Å². The standard InChI is InChI=1S/C16H22FNO2/c17-15-11-14(16(19)18-20)9-8-13(15)10-12-6-4-2-1-3-5-7-12/h8-9,11-12,20H,1-7,10H2,(H,18,19). The van der Waals surface area contributed by atoms with Gasteiger partial charge in [-0.15, -0.1) is 0 Å². The molecule has 1 aliphatic carbocycles. The van der Waals surface area contributed by atoms with Crippen molar-refractivity contribution in [1.29, 1.82) is 0 Å². The van der Waals surface area contributed by atoms with E-state index in [1.807, 2.05) is 0 Å². The van der Waals surface area contributed by atoms with Gasteiger partial charge in [0, 0.05) is 5.56 Å². The zero-order valence-electron chi connectivity index (χ0n) is 11.7. The molecule has 1 aromatic carbocycles. The third-order valence-electron chi connectivity index (χ3n) is 4.15. The molecule has 110 valence electrons. The Labute approximate surface area is 119 Å². The van der Waals surface area contributed by atoms with Crippen LogP contribution in [0.5, 0.6) is 0 Å². The maximum atomic E-state index is 14.0. The molecule has 20 heavy (non-hydrogen) atoms. The monoisotopic (exact) mass is 279 g/mol. The van der Waals surface area contributed by atoms with Crippen LogP contribution in [0.2, 0.25) is 0 Å². The number of carbonyl (C=O) groups excluding carboxylic acids is 1. The van der Waals surface area contributed by atoms with E-state index < -0.39 is 5.91 Å². The lowest BCUT2D eigenvalue weighted by Crippen LogP contribution is -2.19. The minimum absolute atomic E-state index is 0.145. The average molecular weight is 279 g/mol. The summed E-state index contributed by atoms with van der Waals surface area (Å²) in [6.45, 7) is 0. The van der Waals surface area contributed by atoms with Crippen molar-refractivity contribution < 1.29 is 14.4 Å². The molecule has 1 amide bonds. The Morgan fingerprint density at radius 3 is 2.45 bits per heavy atom. The van der Waals surface area contributed by atoms with Gasteiger partial charge in [-0.1, -0.05) is 51.0 Å². The molecule has 3 nitrogen and oxygen atoms in total. The van der Waals surface area contributed by atoms with Crippen molar-refractivity contribution in [2.75, 3.05) is 0 Å². The molecule has 2 rings (SSSR count). The zero-order valence-corrected chi connectivity index (χ0v) is 11.7. The summed E-state index contributed by atoms with van der Waals surface area (Å²) in [6, 6.07) is 4.43. The molecule has 4 heteroatoms. The molecule has 1 aromatic rings. The minimum Gasteiger partial charge on any atom is -0.288 e. The molecule has 1 saturated carbocycles. The summed E-state index contributed by atoms with van der Waals surface area (Å²) in [7, 11) is 0. The van der Waals surface area contributed by atoms with Gasteiger partial charge in [0.2, 0.25) is 0 Å². The highest BCUT2D eigenvalue weighted by molar-refractivity contribution is 5.93. The number of benzene rings is 1. The predicted molar refractivity (Wildman–Crippen MR) is 75.2 cm³/mol. The van der Waals surface area contributed by atoms with E-state index >= 15 is 0 Å². The molecular weight excluding hydrogens is 257 g/mol. The SMILES string of the molecule is O=C(NO)c1ccc(CC2CCCCCCC2)c(F)c1. The molecule has 0 aliphatic heterocycles. The number of hydroxylamine groups is 1. The van der Waals surface area contributed by atoms with E-state index in [-0.39, 0.29) is 11.4 Å². The fourth-order valence-electron chi connectivity index (χ4n) is 2.97. The molecule has 0 bridgehead atoms. The van der Waals surface area contributed by atoms with Crippen molar-refractivity contribution in [1.82, 2.24) is 5.48 Å². The summed E-state index contributed by atoms with van der Waals surface area (Å²) in [5, 5.41) is 8.55. The topological polar surface area (TPSA) is 49.3 Å². The van der Waals surface area contributed by atoms with Crippen LogP contribution in [0.1, 0.15) is 60.9 Å². The molecule has 1 fully saturated rings. The lowest BCUT2D eigenvalue weighted by atomic mass is 9.86. The largest absolute Gasteiger partial charge is 0.288 e. The fraction of sp³-hybridized carbons (Fsp3) is 0.562. The van der Waals surface area contributed by atoms with Gasteiger partial charge in [0.25, 0.3) is 5.91 Å². The van der Waals surface area contributed by atoms with Crippen LogP contribution in [0.4, 0.5) is 4.39 Å². The molecular formula is C16H22FNO2. The van der Waals surface area contributed by atoms with Crippen LogP contribution in [-0.4, -0.2) is 11.1 Å². The Morgan fingerprint density at radius 2 is 1.85 bits per heavy atom. The molecule has 0 heterocycles. The van der Waals surface area contributed by atoms with Crippen molar-refractivity contribution in [3.8, 4) is 0 Å². The highest BCUT2D eigenvalue weighted by Crippen LogP contribution is 2.26. The van der Waals surface area contributed by atoms with Crippen LogP contribution in [0.25, 0.3) is 0 Å². The third kappa shape index (κ3) is 4.04. The van der Waals surface area contributed by atoms with E-state index in [0.717, 1.165) is 19.3 Å². The van der Waals surface area contributed by atoms with Crippen LogP contribution in [-0.2, 0) is 6.42 Å². The number of hydrogen-bond donors (Lipinski definition) is 2. The van der Waals surface area contributed by atoms with Gasteiger partial charge >= 0.3 is 0 Å². The van der Waals surface area contributed by atoms with Gasteiger partial charge < -0.3 is 0 Å². The second-order valence-corrected chi connectivity index (χ2v) is 5.66.